The summed E-state index contributed by atoms with van der Waals surface area (Å²) < 4.78 is 39.7. The Hall–Kier alpha value is -1.47. The lowest BCUT2D eigenvalue weighted by molar-refractivity contribution is -0.135. The number of carbonyl (C=O) groups excluding carboxylic acids is 1. The Kier molecular flexibility index (Phi) is 6.34. The van der Waals surface area contributed by atoms with E-state index in [-0.39, 0.29) is 23.3 Å². The molecule has 1 amide bonds. The Morgan fingerprint density at radius 1 is 1.17 bits per heavy atom. The number of halogens is 1. The van der Waals surface area contributed by atoms with Crippen molar-refractivity contribution in [3.8, 4) is 0 Å². The predicted octanol–water partition coefficient (Wildman–Crippen LogP) is 2.48. The summed E-state index contributed by atoms with van der Waals surface area (Å²) in [6.45, 7) is 5.57. The molecule has 1 aromatic carbocycles. The topological polar surface area (TPSA) is 57.7 Å². The molecule has 5 nitrogen and oxygen atoms in total. The molecule has 1 saturated heterocycles. The van der Waals surface area contributed by atoms with Gasteiger partial charge >= 0.3 is 0 Å². The number of rotatable bonds is 5. The Morgan fingerprint density at radius 3 is 2.46 bits per heavy atom. The van der Waals surface area contributed by atoms with Crippen LogP contribution in [0.15, 0.2) is 29.2 Å². The van der Waals surface area contributed by atoms with E-state index in [0.29, 0.717) is 26.1 Å². The molecule has 1 aliphatic heterocycles. The fourth-order valence-electron chi connectivity index (χ4n) is 2.98. The molecular formula is C17H25FN2O3S. The third-order valence-corrected chi connectivity index (χ3v) is 6.27. The van der Waals surface area contributed by atoms with Crippen LogP contribution in [0, 0.1) is 11.7 Å². The van der Waals surface area contributed by atoms with Crippen LogP contribution in [0.5, 0.6) is 0 Å². The van der Waals surface area contributed by atoms with E-state index in [1.165, 1.54) is 16.4 Å². The van der Waals surface area contributed by atoms with E-state index in [1.54, 1.807) is 4.90 Å². The first kappa shape index (κ1) is 18.9. The molecule has 1 aromatic rings. The molecule has 1 fully saturated rings. The van der Waals surface area contributed by atoms with Crippen LogP contribution in [0.4, 0.5) is 4.39 Å². The van der Waals surface area contributed by atoms with Gasteiger partial charge in [-0.25, -0.2) is 12.8 Å². The fourth-order valence-corrected chi connectivity index (χ4v) is 4.45. The summed E-state index contributed by atoms with van der Waals surface area (Å²) in [4.78, 5) is 14.3. The SMILES string of the molecule is CCCC(C)C(=O)N1CCCN(S(=O)(=O)c2ccc(F)cc2)CC1. The van der Waals surface area contributed by atoms with Crippen LogP contribution >= 0.6 is 0 Å². The average Bonchev–Trinajstić information content (AvgIpc) is 2.81. The number of sulfonamides is 1. The third kappa shape index (κ3) is 4.33. The van der Waals surface area contributed by atoms with Crippen LogP contribution in [0.2, 0.25) is 0 Å². The van der Waals surface area contributed by atoms with Crippen molar-refractivity contribution < 1.29 is 17.6 Å². The van der Waals surface area contributed by atoms with Crippen molar-refractivity contribution in [3.63, 3.8) is 0 Å². The second kappa shape index (κ2) is 8.07. The minimum Gasteiger partial charge on any atom is -0.341 e. The van der Waals surface area contributed by atoms with Crippen LogP contribution in [-0.4, -0.2) is 49.7 Å². The van der Waals surface area contributed by atoms with Gasteiger partial charge in [0.25, 0.3) is 0 Å². The van der Waals surface area contributed by atoms with Crippen LogP contribution < -0.4 is 0 Å². The highest BCUT2D eigenvalue weighted by Gasteiger charge is 2.29. The molecule has 0 aromatic heterocycles. The Bertz CT molecular complexity index is 661. The van der Waals surface area contributed by atoms with Crippen LogP contribution in [0.1, 0.15) is 33.1 Å². The number of nitrogens with zero attached hydrogens (tertiary/aromatic N) is 2. The Labute approximate surface area is 143 Å². The molecule has 0 bridgehead atoms. The van der Waals surface area contributed by atoms with Gasteiger partial charge in [0, 0.05) is 32.1 Å². The molecule has 2 rings (SSSR count). The zero-order valence-corrected chi connectivity index (χ0v) is 15.1. The highest BCUT2D eigenvalue weighted by atomic mass is 32.2. The van der Waals surface area contributed by atoms with Gasteiger partial charge in [-0.1, -0.05) is 20.3 Å². The zero-order chi connectivity index (χ0) is 17.7. The highest BCUT2D eigenvalue weighted by Crippen LogP contribution is 2.19. The van der Waals surface area contributed by atoms with Crippen molar-refractivity contribution in [2.24, 2.45) is 5.92 Å². The summed E-state index contributed by atoms with van der Waals surface area (Å²) in [5.74, 6) is -0.403. The van der Waals surface area contributed by atoms with E-state index >= 15 is 0 Å². The second-order valence-corrected chi connectivity index (χ2v) is 8.16. The first-order valence-corrected chi connectivity index (χ1v) is 9.84. The smallest absolute Gasteiger partial charge is 0.243 e. The molecule has 0 aliphatic carbocycles. The Morgan fingerprint density at radius 2 is 1.83 bits per heavy atom. The van der Waals surface area contributed by atoms with Gasteiger partial charge in [0.15, 0.2) is 0 Å². The molecule has 0 spiro atoms. The van der Waals surface area contributed by atoms with Gasteiger partial charge in [0.05, 0.1) is 4.90 Å². The first-order valence-electron chi connectivity index (χ1n) is 8.40. The molecule has 134 valence electrons. The molecule has 0 saturated carbocycles. The Balaban J connectivity index is 2.07. The van der Waals surface area contributed by atoms with Crippen molar-refractivity contribution in [2.75, 3.05) is 26.2 Å². The van der Waals surface area contributed by atoms with E-state index in [9.17, 15) is 17.6 Å². The lowest BCUT2D eigenvalue weighted by Gasteiger charge is -2.24. The first-order chi connectivity index (χ1) is 11.4. The van der Waals surface area contributed by atoms with Gasteiger partial charge in [-0.15, -0.1) is 0 Å². The van der Waals surface area contributed by atoms with Crippen molar-refractivity contribution >= 4 is 15.9 Å². The molecule has 1 unspecified atom stereocenters. The molecule has 7 heteroatoms. The highest BCUT2D eigenvalue weighted by molar-refractivity contribution is 7.89. The number of hydrogen-bond donors (Lipinski definition) is 0. The standard InChI is InChI=1S/C17H25FN2O3S/c1-3-5-14(2)17(21)19-10-4-11-20(13-12-19)24(22,23)16-8-6-15(18)7-9-16/h6-9,14H,3-5,10-13H2,1-2H3. The maximum absolute atomic E-state index is 13.0. The molecule has 1 heterocycles. The number of hydrogen-bond acceptors (Lipinski definition) is 3. The van der Waals surface area contributed by atoms with E-state index in [0.717, 1.165) is 25.0 Å². The van der Waals surface area contributed by atoms with Crippen molar-refractivity contribution in [1.29, 1.82) is 0 Å². The molecule has 1 aliphatic rings. The number of carbonyl (C=O) groups is 1. The summed E-state index contributed by atoms with van der Waals surface area (Å²) in [5.41, 5.74) is 0. The summed E-state index contributed by atoms with van der Waals surface area (Å²) in [7, 11) is -3.65. The molecular weight excluding hydrogens is 331 g/mol. The van der Waals surface area contributed by atoms with Gasteiger partial charge in [0.1, 0.15) is 5.82 Å². The lowest BCUT2D eigenvalue weighted by Crippen LogP contribution is -2.39. The quantitative estimate of drug-likeness (QED) is 0.814. The normalized spacial score (nSPS) is 18.2. The molecule has 1 atom stereocenters. The number of amides is 1. The van der Waals surface area contributed by atoms with Crippen LogP contribution in [-0.2, 0) is 14.8 Å². The minimum atomic E-state index is -3.65. The molecule has 24 heavy (non-hydrogen) atoms. The van der Waals surface area contributed by atoms with E-state index in [2.05, 4.69) is 0 Å². The fraction of sp³-hybridized carbons (Fsp3) is 0.588. The van der Waals surface area contributed by atoms with Crippen molar-refractivity contribution in [3.05, 3.63) is 30.1 Å². The molecule has 0 radical (unpaired) electrons. The van der Waals surface area contributed by atoms with Gasteiger partial charge < -0.3 is 4.90 Å². The zero-order valence-electron chi connectivity index (χ0n) is 14.2. The summed E-state index contributed by atoms with van der Waals surface area (Å²) >= 11 is 0. The van der Waals surface area contributed by atoms with Gasteiger partial charge in [-0.3, -0.25) is 4.79 Å². The average molecular weight is 356 g/mol. The third-order valence-electron chi connectivity index (χ3n) is 4.36. The monoisotopic (exact) mass is 356 g/mol. The summed E-state index contributed by atoms with van der Waals surface area (Å²) in [5, 5.41) is 0. The number of benzene rings is 1. The van der Waals surface area contributed by atoms with Gasteiger partial charge in [-0.05, 0) is 37.1 Å². The second-order valence-electron chi connectivity index (χ2n) is 6.23. The van der Waals surface area contributed by atoms with Gasteiger partial charge in [-0.2, -0.15) is 4.31 Å². The summed E-state index contributed by atoms with van der Waals surface area (Å²) in [6, 6.07) is 4.85. The van der Waals surface area contributed by atoms with Crippen LogP contribution in [0.25, 0.3) is 0 Å². The van der Waals surface area contributed by atoms with E-state index < -0.39 is 15.8 Å². The van der Waals surface area contributed by atoms with Crippen molar-refractivity contribution in [2.45, 2.75) is 38.0 Å². The van der Waals surface area contributed by atoms with Gasteiger partial charge in [0.2, 0.25) is 15.9 Å². The van der Waals surface area contributed by atoms with E-state index in [4.69, 9.17) is 0 Å². The van der Waals surface area contributed by atoms with Crippen molar-refractivity contribution in [1.82, 2.24) is 9.21 Å². The van der Waals surface area contributed by atoms with Crippen LogP contribution in [0.3, 0.4) is 0 Å². The molecule has 0 N–H and O–H groups in total. The largest absolute Gasteiger partial charge is 0.341 e. The predicted molar refractivity (Wildman–Crippen MR) is 90.4 cm³/mol. The lowest BCUT2D eigenvalue weighted by atomic mass is 10.0. The minimum absolute atomic E-state index is 0.0322. The summed E-state index contributed by atoms with van der Waals surface area (Å²) in [6.07, 6.45) is 2.39. The van der Waals surface area contributed by atoms with E-state index in [1.807, 2.05) is 13.8 Å². The maximum Gasteiger partial charge on any atom is 0.243 e. The maximum atomic E-state index is 13.0.